The van der Waals surface area contributed by atoms with Gasteiger partial charge in [0.25, 0.3) is 5.91 Å². The highest BCUT2D eigenvalue weighted by atomic mass is 16.2. The molecule has 3 N–H and O–H groups in total. The van der Waals surface area contributed by atoms with Crippen LogP contribution in [0.4, 0.5) is 4.79 Å². The predicted molar refractivity (Wildman–Crippen MR) is 100 cm³/mol. The molecule has 0 aliphatic rings. The zero-order chi connectivity index (χ0) is 18.2. The highest BCUT2D eigenvalue weighted by molar-refractivity contribution is 5.95. The van der Waals surface area contributed by atoms with Crippen LogP contribution < -0.4 is 16.2 Å². The minimum Gasteiger partial charge on any atom is -0.326 e. The highest BCUT2D eigenvalue weighted by Crippen LogP contribution is 2.21. The van der Waals surface area contributed by atoms with Gasteiger partial charge in [0.1, 0.15) is 0 Å². The lowest BCUT2D eigenvalue weighted by Gasteiger charge is -2.20. The van der Waals surface area contributed by atoms with Crippen molar-refractivity contribution in [2.24, 2.45) is 0 Å². The summed E-state index contributed by atoms with van der Waals surface area (Å²) in [5.41, 5.74) is 7.17. The van der Waals surface area contributed by atoms with Crippen molar-refractivity contribution in [3.05, 3.63) is 108 Å². The van der Waals surface area contributed by atoms with Gasteiger partial charge in [-0.1, -0.05) is 78.9 Å². The van der Waals surface area contributed by atoms with Gasteiger partial charge in [0.15, 0.2) is 0 Å². The Morgan fingerprint density at radius 1 is 0.615 bits per heavy atom. The molecular formula is C21H19N3O2. The summed E-state index contributed by atoms with van der Waals surface area (Å²) >= 11 is 0. The molecule has 0 atom stereocenters. The summed E-state index contributed by atoms with van der Waals surface area (Å²) in [5, 5.41) is 2.89. The first-order valence-corrected chi connectivity index (χ1v) is 8.26. The molecule has 0 aliphatic heterocycles. The average Bonchev–Trinajstić information content (AvgIpc) is 2.72. The Labute approximate surface area is 152 Å². The summed E-state index contributed by atoms with van der Waals surface area (Å²) in [7, 11) is 0. The zero-order valence-corrected chi connectivity index (χ0v) is 14.1. The van der Waals surface area contributed by atoms with Crippen LogP contribution >= 0.6 is 0 Å². The summed E-state index contributed by atoms with van der Waals surface area (Å²) in [6, 6.07) is 27.2. The smallest absolute Gasteiger partial charge is 0.326 e. The molecule has 0 radical (unpaired) electrons. The van der Waals surface area contributed by atoms with E-state index in [1.165, 1.54) is 0 Å². The van der Waals surface area contributed by atoms with Gasteiger partial charge in [0.05, 0.1) is 6.04 Å². The largest absolute Gasteiger partial charge is 0.334 e. The van der Waals surface area contributed by atoms with Crippen LogP contribution in [-0.4, -0.2) is 11.9 Å². The topological polar surface area (TPSA) is 70.2 Å². The molecule has 130 valence electrons. The Morgan fingerprint density at radius 2 is 1.08 bits per heavy atom. The van der Waals surface area contributed by atoms with Gasteiger partial charge in [-0.05, 0) is 23.3 Å². The van der Waals surface area contributed by atoms with Gasteiger partial charge in [-0.3, -0.25) is 10.2 Å². The molecular weight excluding hydrogens is 326 g/mol. The molecule has 0 spiro atoms. The fourth-order valence-electron chi connectivity index (χ4n) is 2.59. The van der Waals surface area contributed by atoms with Crippen molar-refractivity contribution in [1.29, 1.82) is 0 Å². The number of nitrogens with one attached hydrogen (secondary N) is 3. The van der Waals surface area contributed by atoms with E-state index in [2.05, 4.69) is 16.2 Å². The second-order valence-electron chi connectivity index (χ2n) is 5.67. The second-order valence-corrected chi connectivity index (χ2v) is 5.67. The number of rotatable bonds is 4. The van der Waals surface area contributed by atoms with Crippen LogP contribution in [0.25, 0.3) is 0 Å². The first-order chi connectivity index (χ1) is 12.7. The fraction of sp³-hybridized carbons (Fsp3) is 0.0476. The third-order valence-electron chi connectivity index (χ3n) is 3.87. The van der Waals surface area contributed by atoms with Gasteiger partial charge < -0.3 is 5.32 Å². The van der Waals surface area contributed by atoms with Crippen LogP contribution in [0.1, 0.15) is 27.5 Å². The molecule has 0 fully saturated rings. The van der Waals surface area contributed by atoms with E-state index in [0.29, 0.717) is 5.56 Å². The lowest BCUT2D eigenvalue weighted by Crippen LogP contribution is -2.48. The van der Waals surface area contributed by atoms with E-state index < -0.39 is 6.03 Å². The lowest BCUT2D eigenvalue weighted by molar-refractivity contribution is 0.0936. The SMILES string of the molecule is O=C(NNC(=O)c1ccccc1)NC(c1ccccc1)c1ccccc1. The van der Waals surface area contributed by atoms with Crippen molar-refractivity contribution in [1.82, 2.24) is 16.2 Å². The van der Waals surface area contributed by atoms with Crippen molar-refractivity contribution in [2.75, 3.05) is 0 Å². The van der Waals surface area contributed by atoms with E-state index in [0.717, 1.165) is 11.1 Å². The molecule has 5 nitrogen and oxygen atoms in total. The number of hydrogen-bond acceptors (Lipinski definition) is 2. The quantitative estimate of drug-likeness (QED) is 0.634. The highest BCUT2D eigenvalue weighted by Gasteiger charge is 2.16. The third kappa shape index (κ3) is 4.48. The molecule has 3 aromatic rings. The normalized spacial score (nSPS) is 10.2. The monoisotopic (exact) mass is 345 g/mol. The average molecular weight is 345 g/mol. The number of carbonyl (C=O) groups is 2. The summed E-state index contributed by atoms with van der Waals surface area (Å²) < 4.78 is 0. The van der Waals surface area contributed by atoms with Crippen LogP contribution in [-0.2, 0) is 0 Å². The number of hydrazine groups is 1. The molecule has 26 heavy (non-hydrogen) atoms. The van der Waals surface area contributed by atoms with E-state index in [1.54, 1.807) is 24.3 Å². The first kappa shape index (κ1) is 17.2. The maximum atomic E-state index is 12.3. The van der Waals surface area contributed by atoms with Gasteiger partial charge in [-0.25, -0.2) is 10.2 Å². The van der Waals surface area contributed by atoms with E-state index in [1.807, 2.05) is 66.7 Å². The van der Waals surface area contributed by atoms with Crippen molar-refractivity contribution in [2.45, 2.75) is 6.04 Å². The third-order valence-corrected chi connectivity index (χ3v) is 3.87. The predicted octanol–water partition coefficient (Wildman–Crippen LogP) is 3.42. The van der Waals surface area contributed by atoms with Crippen LogP contribution in [0.5, 0.6) is 0 Å². The number of urea groups is 1. The fourth-order valence-corrected chi connectivity index (χ4v) is 2.59. The number of amides is 3. The van der Waals surface area contributed by atoms with Gasteiger partial charge >= 0.3 is 6.03 Å². The molecule has 0 saturated carbocycles. The Hall–Kier alpha value is -3.60. The molecule has 3 amide bonds. The van der Waals surface area contributed by atoms with Gasteiger partial charge in [0.2, 0.25) is 0 Å². The molecule has 0 unspecified atom stereocenters. The first-order valence-electron chi connectivity index (χ1n) is 8.26. The maximum Gasteiger partial charge on any atom is 0.334 e. The molecule has 0 heterocycles. The van der Waals surface area contributed by atoms with Crippen LogP contribution in [0.15, 0.2) is 91.0 Å². The van der Waals surface area contributed by atoms with Crippen LogP contribution in [0.2, 0.25) is 0 Å². The van der Waals surface area contributed by atoms with Gasteiger partial charge in [-0.2, -0.15) is 0 Å². The van der Waals surface area contributed by atoms with E-state index in [9.17, 15) is 9.59 Å². The van der Waals surface area contributed by atoms with E-state index in [4.69, 9.17) is 0 Å². The summed E-state index contributed by atoms with van der Waals surface area (Å²) in [4.78, 5) is 24.3. The summed E-state index contributed by atoms with van der Waals surface area (Å²) in [6.45, 7) is 0. The second kappa shape index (κ2) is 8.48. The molecule has 3 aromatic carbocycles. The molecule has 0 aliphatic carbocycles. The molecule has 0 saturated heterocycles. The Bertz CT molecular complexity index is 813. The summed E-state index contributed by atoms with van der Waals surface area (Å²) in [5.74, 6) is -0.378. The molecule has 0 bridgehead atoms. The standard InChI is InChI=1S/C21H19N3O2/c25-20(18-14-8-3-9-15-18)23-24-21(26)22-19(16-10-4-1-5-11-16)17-12-6-2-7-13-17/h1-15,19H,(H,23,25)(H2,22,24,26). The minimum atomic E-state index is -0.494. The number of benzene rings is 3. The van der Waals surface area contributed by atoms with Crippen LogP contribution in [0, 0.1) is 0 Å². The van der Waals surface area contributed by atoms with E-state index in [-0.39, 0.29) is 11.9 Å². The molecule has 0 aromatic heterocycles. The zero-order valence-electron chi connectivity index (χ0n) is 14.1. The van der Waals surface area contributed by atoms with Crippen molar-refractivity contribution in [3.8, 4) is 0 Å². The lowest BCUT2D eigenvalue weighted by atomic mass is 9.99. The van der Waals surface area contributed by atoms with Gasteiger partial charge in [-0.15, -0.1) is 0 Å². The Kier molecular flexibility index (Phi) is 5.62. The van der Waals surface area contributed by atoms with E-state index >= 15 is 0 Å². The summed E-state index contributed by atoms with van der Waals surface area (Å²) in [6.07, 6.45) is 0. The Balaban J connectivity index is 1.67. The minimum absolute atomic E-state index is 0.328. The number of carbonyl (C=O) groups excluding carboxylic acids is 2. The number of hydrogen-bond donors (Lipinski definition) is 3. The molecule has 3 rings (SSSR count). The van der Waals surface area contributed by atoms with Crippen molar-refractivity contribution in [3.63, 3.8) is 0 Å². The van der Waals surface area contributed by atoms with Gasteiger partial charge in [0, 0.05) is 5.56 Å². The molecule has 5 heteroatoms. The maximum absolute atomic E-state index is 12.3. The van der Waals surface area contributed by atoms with Crippen molar-refractivity contribution < 1.29 is 9.59 Å². The Morgan fingerprint density at radius 3 is 1.58 bits per heavy atom. The van der Waals surface area contributed by atoms with Crippen LogP contribution in [0.3, 0.4) is 0 Å². The van der Waals surface area contributed by atoms with Crippen molar-refractivity contribution >= 4 is 11.9 Å².